The molecule has 6 nitrogen and oxygen atoms in total. The quantitative estimate of drug-likeness (QED) is 0.891. The highest BCUT2D eigenvalue weighted by molar-refractivity contribution is 5.71. The Morgan fingerprint density at radius 2 is 2.32 bits per heavy atom. The van der Waals surface area contributed by atoms with Crippen LogP contribution in [0.1, 0.15) is 50.7 Å². The average Bonchev–Trinajstić information content (AvgIpc) is 3.05. The summed E-state index contributed by atoms with van der Waals surface area (Å²) in [5.74, 6) is 0.666. The number of fused-ring (bicyclic) bond motifs is 2. The fourth-order valence-corrected chi connectivity index (χ4v) is 3.34. The van der Waals surface area contributed by atoms with Gasteiger partial charge in [0.1, 0.15) is 0 Å². The van der Waals surface area contributed by atoms with E-state index in [1.54, 1.807) is 0 Å². The summed E-state index contributed by atoms with van der Waals surface area (Å²) in [6.45, 7) is 4.63. The van der Waals surface area contributed by atoms with Gasteiger partial charge in [0.25, 0.3) is 0 Å². The van der Waals surface area contributed by atoms with Crippen molar-refractivity contribution in [2.75, 3.05) is 0 Å². The Hall–Kier alpha value is -1.43. The summed E-state index contributed by atoms with van der Waals surface area (Å²) < 4.78 is 5.26. The van der Waals surface area contributed by atoms with Crippen molar-refractivity contribution in [1.82, 2.24) is 15.0 Å². The third kappa shape index (κ3) is 2.14. The van der Waals surface area contributed by atoms with E-state index in [1.807, 2.05) is 13.8 Å². The second-order valence-corrected chi connectivity index (χ2v) is 5.85. The third-order valence-corrected chi connectivity index (χ3v) is 4.32. The standard InChI is InChI=1S/C13H19N3O3/c1-7(2)12-14-11(19-15-12)6-16-8-3-4-10(16)9(5-8)13(17)18/h7-10H,3-6H2,1-2H3,(H,17,18). The van der Waals surface area contributed by atoms with Gasteiger partial charge in [-0.25, -0.2) is 0 Å². The van der Waals surface area contributed by atoms with Crippen LogP contribution in [0.4, 0.5) is 0 Å². The first kappa shape index (κ1) is 12.6. The number of carbonyl (C=O) groups is 1. The molecule has 1 N–H and O–H groups in total. The minimum atomic E-state index is -0.675. The number of aliphatic carboxylic acids is 1. The molecule has 0 spiro atoms. The summed E-state index contributed by atoms with van der Waals surface area (Å²) in [6.07, 6.45) is 2.80. The zero-order chi connectivity index (χ0) is 13.6. The molecule has 104 valence electrons. The molecular weight excluding hydrogens is 246 g/mol. The lowest BCUT2D eigenvalue weighted by Crippen LogP contribution is -2.32. The van der Waals surface area contributed by atoms with Crippen LogP contribution in [0.25, 0.3) is 0 Å². The van der Waals surface area contributed by atoms with Crippen LogP contribution in [0.15, 0.2) is 4.52 Å². The van der Waals surface area contributed by atoms with E-state index in [0.29, 0.717) is 18.5 Å². The molecule has 0 saturated carbocycles. The average molecular weight is 265 g/mol. The highest BCUT2D eigenvalue weighted by atomic mass is 16.5. The summed E-state index contributed by atoms with van der Waals surface area (Å²) in [5, 5.41) is 13.2. The number of hydrogen-bond acceptors (Lipinski definition) is 5. The minimum absolute atomic E-state index is 0.136. The number of carboxylic acid groups (broad SMARTS) is 1. The van der Waals surface area contributed by atoms with Gasteiger partial charge in [0, 0.05) is 18.0 Å². The van der Waals surface area contributed by atoms with Crippen LogP contribution in [-0.4, -0.2) is 38.2 Å². The molecule has 1 aromatic rings. The van der Waals surface area contributed by atoms with Crippen LogP contribution >= 0.6 is 0 Å². The lowest BCUT2D eigenvalue weighted by molar-refractivity contribution is -0.142. The predicted molar refractivity (Wildman–Crippen MR) is 66.5 cm³/mol. The zero-order valence-electron chi connectivity index (χ0n) is 11.2. The molecule has 3 rings (SSSR count). The molecule has 3 heterocycles. The number of nitrogens with zero attached hydrogens (tertiary/aromatic N) is 3. The molecular formula is C13H19N3O3. The molecule has 6 heteroatoms. The van der Waals surface area contributed by atoms with Gasteiger partial charge in [0.15, 0.2) is 5.82 Å². The van der Waals surface area contributed by atoms with Crippen molar-refractivity contribution in [2.24, 2.45) is 5.92 Å². The molecule has 3 unspecified atom stereocenters. The molecule has 0 radical (unpaired) electrons. The Kier molecular flexibility index (Phi) is 3.05. The van der Waals surface area contributed by atoms with Gasteiger partial charge in [-0.2, -0.15) is 4.98 Å². The summed E-state index contributed by atoms with van der Waals surface area (Å²) >= 11 is 0. The molecule has 2 aliphatic rings. The minimum Gasteiger partial charge on any atom is -0.481 e. The van der Waals surface area contributed by atoms with Gasteiger partial charge >= 0.3 is 5.97 Å². The maximum Gasteiger partial charge on any atom is 0.308 e. The second kappa shape index (κ2) is 4.59. The Labute approximate surface area is 111 Å². The Balaban J connectivity index is 1.72. The highest BCUT2D eigenvalue weighted by Gasteiger charge is 2.49. The van der Waals surface area contributed by atoms with Crippen LogP contribution in [-0.2, 0) is 11.3 Å². The molecule has 0 amide bonds. The van der Waals surface area contributed by atoms with Gasteiger partial charge in [-0.05, 0) is 19.3 Å². The van der Waals surface area contributed by atoms with Gasteiger partial charge in [-0.3, -0.25) is 9.69 Å². The maximum absolute atomic E-state index is 11.2. The summed E-state index contributed by atoms with van der Waals surface area (Å²) in [5.41, 5.74) is 0. The van der Waals surface area contributed by atoms with Gasteiger partial charge in [-0.15, -0.1) is 0 Å². The topological polar surface area (TPSA) is 79.5 Å². The molecule has 0 aliphatic carbocycles. The maximum atomic E-state index is 11.2. The van der Waals surface area contributed by atoms with E-state index in [9.17, 15) is 9.90 Å². The number of aromatic nitrogens is 2. The van der Waals surface area contributed by atoms with Crippen molar-refractivity contribution >= 4 is 5.97 Å². The molecule has 1 aromatic heterocycles. The summed E-state index contributed by atoms with van der Waals surface area (Å²) in [7, 11) is 0. The van der Waals surface area contributed by atoms with Crippen molar-refractivity contribution in [3.63, 3.8) is 0 Å². The van der Waals surface area contributed by atoms with Crippen molar-refractivity contribution in [1.29, 1.82) is 0 Å². The molecule has 2 saturated heterocycles. The SMILES string of the molecule is CC(C)c1noc(CN2C3CCC2C(C(=O)O)C3)n1. The predicted octanol–water partition coefficient (Wildman–Crippen LogP) is 1.63. The molecule has 2 aliphatic heterocycles. The first-order chi connectivity index (χ1) is 9.06. The smallest absolute Gasteiger partial charge is 0.308 e. The van der Waals surface area contributed by atoms with Gasteiger partial charge in [-0.1, -0.05) is 19.0 Å². The summed E-state index contributed by atoms with van der Waals surface area (Å²) in [6, 6.07) is 0.498. The van der Waals surface area contributed by atoms with E-state index in [0.717, 1.165) is 25.1 Å². The van der Waals surface area contributed by atoms with Crippen LogP contribution in [0.2, 0.25) is 0 Å². The normalized spacial score (nSPS) is 30.4. The monoisotopic (exact) mass is 265 g/mol. The fraction of sp³-hybridized carbons (Fsp3) is 0.769. The molecule has 2 fully saturated rings. The number of hydrogen-bond donors (Lipinski definition) is 1. The van der Waals surface area contributed by atoms with E-state index in [2.05, 4.69) is 15.0 Å². The summed E-state index contributed by atoms with van der Waals surface area (Å²) in [4.78, 5) is 17.8. The second-order valence-electron chi connectivity index (χ2n) is 5.85. The van der Waals surface area contributed by atoms with Crippen molar-refractivity contribution in [2.45, 2.75) is 57.7 Å². The van der Waals surface area contributed by atoms with Gasteiger partial charge < -0.3 is 9.63 Å². The van der Waals surface area contributed by atoms with E-state index >= 15 is 0 Å². The van der Waals surface area contributed by atoms with Gasteiger partial charge in [0.2, 0.25) is 5.89 Å². The fourth-order valence-electron chi connectivity index (χ4n) is 3.34. The van der Waals surface area contributed by atoms with Crippen LogP contribution < -0.4 is 0 Å². The lowest BCUT2D eigenvalue weighted by atomic mass is 9.89. The zero-order valence-corrected chi connectivity index (χ0v) is 11.2. The molecule has 2 bridgehead atoms. The van der Waals surface area contributed by atoms with Crippen LogP contribution in [0.5, 0.6) is 0 Å². The third-order valence-electron chi connectivity index (χ3n) is 4.32. The van der Waals surface area contributed by atoms with Crippen molar-refractivity contribution in [3.8, 4) is 0 Å². The van der Waals surface area contributed by atoms with Crippen LogP contribution in [0.3, 0.4) is 0 Å². The van der Waals surface area contributed by atoms with Crippen molar-refractivity contribution < 1.29 is 14.4 Å². The molecule has 19 heavy (non-hydrogen) atoms. The molecule has 3 atom stereocenters. The lowest BCUT2D eigenvalue weighted by Gasteiger charge is -2.20. The number of rotatable bonds is 4. The van der Waals surface area contributed by atoms with E-state index in [1.165, 1.54) is 0 Å². The number of carboxylic acids is 1. The largest absolute Gasteiger partial charge is 0.481 e. The Morgan fingerprint density at radius 1 is 1.53 bits per heavy atom. The van der Waals surface area contributed by atoms with Gasteiger partial charge in [0.05, 0.1) is 12.5 Å². The van der Waals surface area contributed by atoms with E-state index in [4.69, 9.17) is 4.52 Å². The highest BCUT2D eigenvalue weighted by Crippen LogP contribution is 2.42. The first-order valence-electron chi connectivity index (χ1n) is 6.87. The Morgan fingerprint density at radius 3 is 2.89 bits per heavy atom. The first-order valence-corrected chi connectivity index (χ1v) is 6.87. The van der Waals surface area contributed by atoms with E-state index < -0.39 is 5.97 Å². The molecule has 0 aromatic carbocycles. The van der Waals surface area contributed by atoms with Crippen molar-refractivity contribution in [3.05, 3.63) is 11.7 Å². The Bertz CT molecular complexity index is 485. The van der Waals surface area contributed by atoms with E-state index in [-0.39, 0.29) is 17.9 Å². The van der Waals surface area contributed by atoms with Crippen LogP contribution in [0, 0.1) is 5.92 Å².